The number of para-hydroxylation sites is 2. The second-order valence-electron chi connectivity index (χ2n) is 6.12. The lowest BCUT2D eigenvalue weighted by Crippen LogP contribution is -2.47. The fourth-order valence-corrected chi connectivity index (χ4v) is 5.54. The van der Waals surface area contributed by atoms with Gasteiger partial charge in [-0.15, -0.1) is 11.3 Å². The monoisotopic (exact) mass is 410 g/mol. The van der Waals surface area contributed by atoms with Crippen LogP contribution in [0.1, 0.15) is 12.8 Å². The lowest BCUT2D eigenvalue weighted by molar-refractivity contribution is -0.124. The van der Waals surface area contributed by atoms with Crippen LogP contribution >= 0.6 is 11.3 Å². The van der Waals surface area contributed by atoms with Gasteiger partial charge in [-0.3, -0.25) is 4.79 Å². The Bertz CT molecular complexity index is 860. The number of rotatable bonds is 7. The van der Waals surface area contributed by atoms with E-state index in [0.717, 1.165) is 0 Å². The molecule has 1 aliphatic heterocycles. The lowest BCUT2D eigenvalue weighted by Gasteiger charge is -2.31. The van der Waals surface area contributed by atoms with E-state index in [1.165, 1.54) is 15.6 Å². The van der Waals surface area contributed by atoms with Crippen molar-refractivity contribution >= 4 is 27.3 Å². The molecule has 0 bridgehead atoms. The van der Waals surface area contributed by atoms with E-state index in [9.17, 15) is 13.2 Å². The maximum Gasteiger partial charge on any atom is 0.258 e. The van der Waals surface area contributed by atoms with Crippen molar-refractivity contribution in [3.8, 4) is 11.5 Å². The summed E-state index contributed by atoms with van der Waals surface area (Å²) in [6.45, 7) is 0.658. The first-order valence-corrected chi connectivity index (χ1v) is 10.9. The highest BCUT2D eigenvalue weighted by Gasteiger charge is 2.30. The Labute approximate surface area is 163 Å². The van der Waals surface area contributed by atoms with Crippen molar-refractivity contribution in [2.24, 2.45) is 0 Å². The summed E-state index contributed by atoms with van der Waals surface area (Å²) in [7, 11) is -1.88. The minimum absolute atomic E-state index is 0.0615. The fraction of sp³-hybridized carbons (Fsp3) is 0.389. The zero-order valence-corrected chi connectivity index (χ0v) is 16.6. The van der Waals surface area contributed by atoms with E-state index in [1.807, 2.05) is 6.07 Å². The molecule has 146 valence electrons. The molecule has 7 nitrogen and oxygen atoms in total. The van der Waals surface area contributed by atoms with Crippen LogP contribution in [0.15, 0.2) is 46.0 Å². The van der Waals surface area contributed by atoms with Gasteiger partial charge in [0.15, 0.2) is 18.1 Å². The average Bonchev–Trinajstić information content (AvgIpc) is 3.23. The molecule has 0 atom stereocenters. The topological polar surface area (TPSA) is 84.9 Å². The summed E-state index contributed by atoms with van der Waals surface area (Å²) in [6.07, 6.45) is 1.15. The predicted octanol–water partition coefficient (Wildman–Crippen LogP) is 2.10. The van der Waals surface area contributed by atoms with Crippen molar-refractivity contribution < 1.29 is 22.7 Å². The third-order valence-electron chi connectivity index (χ3n) is 4.34. The van der Waals surface area contributed by atoms with Crippen molar-refractivity contribution in [2.45, 2.75) is 23.1 Å². The number of nitrogens with zero attached hydrogens (tertiary/aromatic N) is 1. The Morgan fingerprint density at radius 1 is 1.19 bits per heavy atom. The molecular formula is C18H22N2O5S2. The molecular weight excluding hydrogens is 388 g/mol. The van der Waals surface area contributed by atoms with E-state index >= 15 is 0 Å². The standard InChI is InChI=1S/C18H22N2O5S2/c1-24-15-5-2-3-6-16(15)25-13-17(21)19-14-8-10-20(11-9-14)27(22,23)18-7-4-12-26-18/h2-7,12,14H,8-11,13H2,1H3,(H,19,21). The van der Waals surface area contributed by atoms with Crippen LogP contribution < -0.4 is 14.8 Å². The molecule has 9 heteroatoms. The largest absolute Gasteiger partial charge is 0.493 e. The molecule has 0 aliphatic carbocycles. The Morgan fingerprint density at radius 2 is 1.89 bits per heavy atom. The summed E-state index contributed by atoms with van der Waals surface area (Å²) in [5.41, 5.74) is 0. The number of methoxy groups -OCH3 is 1. The van der Waals surface area contributed by atoms with Gasteiger partial charge in [-0.2, -0.15) is 4.31 Å². The van der Waals surface area contributed by atoms with Crippen LogP contribution in [0.5, 0.6) is 11.5 Å². The van der Waals surface area contributed by atoms with Crippen LogP contribution in [0.3, 0.4) is 0 Å². The van der Waals surface area contributed by atoms with E-state index in [4.69, 9.17) is 9.47 Å². The minimum Gasteiger partial charge on any atom is -0.493 e. The number of piperidine rings is 1. The number of hydrogen-bond donors (Lipinski definition) is 1. The quantitative estimate of drug-likeness (QED) is 0.756. The molecule has 0 unspecified atom stereocenters. The smallest absolute Gasteiger partial charge is 0.258 e. The second-order valence-corrected chi connectivity index (χ2v) is 9.23. The molecule has 0 spiro atoms. The van der Waals surface area contributed by atoms with Gasteiger partial charge in [0.25, 0.3) is 15.9 Å². The van der Waals surface area contributed by atoms with Gasteiger partial charge in [0.05, 0.1) is 7.11 Å². The SMILES string of the molecule is COc1ccccc1OCC(=O)NC1CCN(S(=O)(=O)c2cccs2)CC1. The number of amides is 1. The zero-order valence-electron chi connectivity index (χ0n) is 15.0. The van der Waals surface area contributed by atoms with Gasteiger partial charge in [-0.1, -0.05) is 18.2 Å². The van der Waals surface area contributed by atoms with Crippen LogP contribution in [0.2, 0.25) is 0 Å². The molecule has 2 aromatic rings. The number of carbonyl (C=O) groups excluding carboxylic acids is 1. The van der Waals surface area contributed by atoms with Crippen molar-refractivity contribution in [1.82, 2.24) is 9.62 Å². The number of benzene rings is 1. The highest BCUT2D eigenvalue weighted by Crippen LogP contribution is 2.26. The highest BCUT2D eigenvalue weighted by atomic mass is 32.2. The number of hydrogen-bond acceptors (Lipinski definition) is 6. The Balaban J connectivity index is 1.47. The molecule has 1 saturated heterocycles. The number of thiophene rings is 1. The Morgan fingerprint density at radius 3 is 2.52 bits per heavy atom. The minimum atomic E-state index is -3.42. The van der Waals surface area contributed by atoms with E-state index in [1.54, 1.807) is 42.8 Å². The average molecular weight is 411 g/mol. The molecule has 1 fully saturated rings. The molecule has 0 radical (unpaired) electrons. The second kappa shape index (κ2) is 8.73. The van der Waals surface area contributed by atoms with E-state index in [2.05, 4.69) is 5.32 Å². The van der Waals surface area contributed by atoms with E-state index in [-0.39, 0.29) is 18.6 Å². The van der Waals surface area contributed by atoms with Crippen LogP contribution in [0.25, 0.3) is 0 Å². The van der Waals surface area contributed by atoms with Crippen molar-refractivity contribution in [3.05, 3.63) is 41.8 Å². The molecule has 1 aromatic heterocycles. The molecule has 1 amide bonds. The summed E-state index contributed by atoms with van der Waals surface area (Å²) in [5, 5.41) is 4.66. The van der Waals surface area contributed by atoms with Crippen molar-refractivity contribution in [2.75, 3.05) is 26.8 Å². The first-order valence-electron chi connectivity index (χ1n) is 8.59. The van der Waals surface area contributed by atoms with E-state index in [0.29, 0.717) is 41.6 Å². The first kappa shape index (κ1) is 19.7. The van der Waals surface area contributed by atoms with Gasteiger partial charge < -0.3 is 14.8 Å². The first-order chi connectivity index (χ1) is 13.0. The Kier molecular flexibility index (Phi) is 6.35. The number of ether oxygens (including phenoxy) is 2. The lowest BCUT2D eigenvalue weighted by atomic mass is 10.1. The fourth-order valence-electron chi connectivity index (χ4n) is 2.93. The van der Waals surface area contributed by atoms with Gasteiger partial charge in [0.2, 0.25) is 0 Å². The molecule has 0 saturated carbocycles. The summed E-state index contributed by atoms with van der Waals surface area (Å²) in [6, 6.07) is 10.4. The van der Waals surface area contributed by atoms with Crippen molar-refractivity contribution in [1.29, 1.82) is 0 Å². The van der Waals surface area contributed by atoms with Gasteiger partial charge in [-0.05, 0) is 36.4 Å². The van der Waals surface area contributed by atoms with Gasteiger partial charge >= 0.3 is 0 Å². The normalized spacial score (nSPS) is 16.0. The van der Waals surface area contributed by atoms with E-state index < -0.39 is 10.0 Å². The number of nitrogens with one attached hydrogen (secondary N) is 1. The van der Waals surface area contributed by atoms with Crippen LogP contribution in [-0.2, 0) is 14.8 Å². The highest BCUT2D eigenvalue weighted by molar-refractivity contribution is 7.91. The number of sulfonamides is 1. The maximum absolute atomic E-state index is 12.5. The Hall–Kier alpha value is -2.10. The summed E-state index contributed by atoms with van der Waals surface area (Å²) in [4.78, 5) is 12.1. The molecule has 1 N–H and O–H groups in total. The molecule has 3 rings (SSSR count). The number of carbonyl (C=O) groups is 1. The van der Waals surface area contributed by atoms with Gasteiger partial charge in [0.1, 0.15) is 4.21 Å². The third-order valence-corrected chi connectivity index (χ3v) is 7.61. The molecule has 1 aromatic carbocycles. The maximum atomic E-state index is 12.5. The summed E-state index contributed by atoms with van der Waals surface area (Å²) >= 11 is 1.22. The summed E-state index contributed by atoms with van der Waals surface area (Å²) in [5.74, 6) is 0.838. The van der Waals surface area contributed by atoms with Gasteiger partial charge in [0, 0.05) is 19.1 Å². The molecule has 1 aliphatic rings. The van der Waals surface area contributed by atoms with Crippen LogP contribution in [0.4, 0.5) is 0 Å². The van der Waals surface area contributed by atoms with Crippen molar-refractivity contribution in [3.63, 3.8) is 0 Å². The zero-order chi connectivity index (χ0) is 19.3. The van der Waals surface area contributed by atoms with Gasteiger partial charge in [-0.25, -0.2) is 8.42 Å². The third kappa shape index (κ3) is 4.79. The summed E-state index contributed by atoms with van der Waals surface area (Å²) < 4.78 is 37.6. The molecule has 2 heterocycles. The molecule has 27 heavy (non-hydrogen) atoms. The predicted molar refractivity (Wildman–Crippen MR) is 103 cm³/mol. The van der Waals surface area contributed by atoms with Crippen LogP contribution in [0, 0.1) is 0 Å². The van der Waals surface area contributed by atoms with Crippen LogP contribution in [-0.4, -0.2) is 51.5 Å².